The fraction of sp³-hybridized carbons (Fsp3) is 0.375. The molecule has 8 heteroatoms. The van der Waals surface area contributed by atoms with Gasteiger partial charge in [-0.2, -0.15) is 0 Å². The van der Waals surface area contributed by atoms with E-state index in [0.29, 0.717) is 17.3 Å². The van der Waals surface area contributed by atoms with Crippen LogP contribution in [-0.4, -0.2) is 34.1 Å². The number of anilines is 3. The van der Waals surface area contributed by atoms with Gasteiger partial charge in [-0.15, -0.1) is 0 Å². The lowest BCUT2D eigenvalue weighted by Crippen LogP contribution is -2.33. The number of hydrogen-bond acceptors (Lipinski definition) is 6. The van der Waals surface area contributed by atoms with Gasteiger partial charge in [0.2, 0.25) is 0 Å². The van der Waals surface area contributed by atoms with Crippen LogP contribution in [0.1, 0.15) is 31.6 Å². The molecule has 1 saturated heterocycles. The number of carbonyl (C=O) groups is 1. The molecule has 0 aliphatic carbocycles. The zero-order chi connectivity index (χ0) is 16.9. The number of urea groups is 1. The number of amides is 2. The molecule has 1 fully saturated rings. The lowest BCUT2D eigenvalue weighted by molar-refractivity contribution is 0.249. The van der Waals surface area contributed by atoms with E-state index in [1.807, 2.05) is 6.07 Å². The number of nitrogens with zero attached hydrogens (tertiary/aromatic N) is 4. The number of rotatable bonds is 4. The highest BCUT2D eigenvalue weighted by Crippen LogP contribution is 2.26. The highest BCUT2D eigenvalue weighted by Gasteiger charge is 2.19. The average Bonchev–Trinajstić information content (AvgIpc) is 3.09. The van der Waals surface area contributed by atoms with Crippen molar-refractivity contribution in [1.29, 1.82) is 0 Å². The second-order valence-electron chi connectivity index (χ2n) is 5.73. The molecule has 0 radical (unpaired) electrons. The fourth-order valence-corrected chi connectivity index (χ4v) is 2.69. The van der Waals surface area contributed by atoms with Gasteiger partial charge in [-0.05, 0) is 38.0 Å². The summed E-state index contributed by atoms with van der Waals surface area (Å²) in [4.78, 5) is 27.1. The number of pyridine rings is 1. The molecular weight excluding hydrogens is 306 g/mol. The van der Waals surface area contributed by atoms with Gasteiger partial charge in [0.15, 0.2) is 11.6 Å². The molecule has 1 aliphatic rings. The molecule has 2 aromatic rings. The maximum absolute atomic E-state index is 12.3. The predicted octanol–water partition coefficient (Wildman–Crippen LogP) is 1.94. The van der Waals surface area contributed by atoms with E-state index < -0.39 is 0 Å². The van der Waals surface area contributed by atoms with Gasteiger partial charge in [0, 0.05) is 25.5 Å². The first-order valence-electron chi connectivity index (χ1n) is 7.99. The van der Waals surface area contributed by atoms with Gasteiger partial charge in [-0.1, -0.05) is 0 Å². The molecule has 3 heterocycles. The first-order chi connectivity index (χ1) is 11.6. The Bertz CT molecular complexity index is 715. The highest BCUT2D eigenvalue weighted by atomic mass is 16.2. The second kappa shape index (κ2) is 7.12. The molecule has 8 nitrogen and oxygen atoms in total. The quantitative estimate of drug-likeness (QED) is 0.792. The average molecular weight is 327 g/mol. The zero-order valence-corrected chi connectivity index (χ0v) is 13.6. The Labute approximate surface area is 140 Å². The summed E-state index contributed by atoms with van der Waals surface area (Å²) in [7, 11) is 0. The topological polar surface area (TPSA) is 109 Å². The monoisotopic (exact) mass is 327 g/mol. The fourth-order valence-electron chi connectivity index (χ4n) is 2.69. The van der Waals surface area contributed by atoms with Crippen LogP contribution in [0.4, 0.5) is 22.1 Å². The van der Waals surface area contributed by atoms with Crippen LogP contribution in [-0.2, 0) is 0 Å². The largest absolute Gasteiger partial charge is 0.384 e. The molecule has 4 N–H and O–H groups in total. The number of nitrogen functional groups attached to an aromatic ring is 1. The summed E-state index contributed by atoms with van der Waals surface area (Å²) in [6.07, 6.45) is 5.60. The van der Waals surface area contributed by atoms with Crippen LogP contribution < -0.4 is 21.3 Å². The number of carbonyl (C=O) groups excluding carboxylic acids is 1. The highest BCUT2D eigenvalue weighted by molar-refractivity contribution is 5.92. The Balaban J connectivity index is 1.67. The molecule has 2 aromatic heterocycles. The minimum absolute atomic E-state index is 0.332. The van der Waals surface area contributed by atoms with E-state index in [9.17, 15) is 4.79 Å². The lowest BCUT2D eigenvalue weighted by atomic mass is 10.3. The summed E-state index contributed by atoms with van der Waals surface area (Å²) in [6, 6.07) is 4.57. The molecule has 1 atom stereocenters. The predicted molar refractivity (Wildman–Crippen MR) is 92.7 cm³/mol. The number of nitrogens with one attached hydrogen (secondary N) is 2. The van der Waals surface area contributed by atoms with E-state index in [-0.39, 0.29) is 12.1 Å². The van der Waals surface area contributed by atoms with E-state index >= 15 is 0 Å². The summed E-state index contributed by atoms with van der Waals surface area (Å²) < 4.78 is 0. The third-order valence-corrected chi connectivity index (χ3v) is 3.87. The molecule has 1 unspecified atom stereocenters. The minimum Gasteiger partial charge on any atom is -0.384 e. The smallest absolute Gasteiger partial charge is 0.319 e. The molecule has 2 amide bonds. The Hall–Kier alpha value is -2.90. The van der Waals surface area contributed by atoms with Gasteiger partial charge < -0.3 is 21.3 Å². The van der Waals surface area contributed by atoms with Gasteiger partial charge in [-0.25, -0.2) is 19.7 Å². The van der Waals surface area contributed by atoms with Crippen LogP contribution in [0.25, 0.3) is 0 Å². The van der Waals surface area contributed by atoms with Crippen LogP contribution in [0.3, 0.4) is 0 Å². The summed E-state index contributed by atoms with van der Waals surface area (Å²) in [5.41, 5.74) is 6.34. The van der Waals surface area contributed by atoms with Crippen molar-refractivity contribution in [1.82, 2.24) is 20.3 Å². The van der Waals surface area contributed by atoms with Crippen molar-refractivity contribution in [3.63, 3.8) is 0 Å². The Kier molecular flexibility index (Phi) is 4.74. The van der Waals surface area contributed by atoms with E-state index in [2.05, 4.69) is 30.5 Å². The Morgan fingerprint density at radius 3 is 2.79 bits per heavy atom. The Morgan fingerprint density at radius 1 is 1.25 bits per heavy atom. The molecule has 0 spiro atoms. The number of nitrogens with two attached hydrogens (primary N) is 1. The molecule has 126 valence electrons. The van der Waals surface area contributed by atoms with Gasteiger partial charge in [0.05, 0.1) is 11.7 Å². The number of aromatic nitrogens is 3. The van der Waals surface area contributed by atoms with E-state index in [0.717, 1.165) is 31.7 Å². The molecule has 0 saturated carbocycles. The van der Waals surface area contributed by atoms with Crippen molar-refractivity contribution in [3.05, 3.63) is 36.4 Å². The van der Waals surface area contributed by atoms with Crippen molar-refractivity contribution in [3.8, 4) is 0 Å². The number of hydrogen-bond donors (Lipinski definition) is 3. The van der Waals surface area contributed by atoms with E-state index in [1.165, 1.54) is 0 Å². The molecule has 0 bridgehead atoms. The lowest BCUT2D eigenvalue weighted by Gasteiger charge is -2.20. The van der Waals surface area contributed by atoms with Crippen molar-refractivity contribution in [2.24, 2.45) is 0 Å². The van der Waals surface area contributed by atoms with Crippen LogP contribution in [0.15, 0.2) is 30.6 Å². The summed E-state index contributed by atoms with van der Waals surface area (Å²) in [6.45, 7) is 3.72. The second-order valence-corrected chi connectivity index (χ2v) is 5.73. The SMILES string of the molecule is CC(NC(=O)Nc1cccnc1N1CCCC1)c1nccc(N)n1. The van der Waals surface area contributed by atoms with Gasteiger partial charge in [0.1, 0.15) is 5.82 Å². The Morgan fingerprint density at radius 2 is 2.04 bits per heavy atom. The van der Waals surface area contributed by atoms with Gasteiger partial charge in [-0.3, -0.25) is 0 Å². The first-order valence-corrected chi connectivity index (χ1v) is 7.99. The van der Waals surface area contributed by atoms with E-state index in [1.54, 1.807) is 31.5 Å². The van der Waals surface area contributed by atoms with Crippen molar-refractivity contribution < 1.29 is 4.79 Å². The summed E-state index contributed by atoms with van der Waals surface area (Å²) >= 11 is 0. The maximum Gasteiger partial charge on any atom is 0.319 e. The molecule has 3 rings (SSSR count). The van der Waals surface area contributed by atoms with Gasteiger partial charge >= 0.3 is 6.03 Å². The van der Waals surface area contributed by atoms with E-state index in [4.69, 9.17) is 5.73 Å². The minimum atomic E-state index is -0.361. The van der Waals surface area contributed by atoms with Crippen molar-refractivity contribution >= 4 is 23.4 Å². The maximum atomic E-state index is 12.3. The van der Waals surface area contributed by atoms with Gasteiger partial charge in [0.25, 0.3) is 0 Å². The van der Waals surface area contributed by atoms with Crippen LogP contribution in [0, 0.1) is 0 Å². The molecule has 1 aliphatic heterocycles. The molecule has 0 aromatic carbocycles. The van der Waals surface area contributed by atoms with Crippen LogP contribution >= 0.6 is 0 Å². The summed E-state index contributed by atoms with van der Waals surface area (Å²) in [5, 5.41) is 5.67. The molecular formula is C16H21N7O. The standard InChI is InChI=1S/C16H21N7O/c1-11(14-18-8-6-13(17)22-14)20-16(24)21-12-5-4-7-19-15(12)23-9-2-3-10-23/h4-8,11H,2-3,9-10H2,1H3,(H2,17,18,22)(H2,20,21,24). The third-order valence-electron chi connectivity index (χ3n) is 3.87. The molecule has 24 heavy (non-hydrogen) atoms. The van der Waals surface area contributed by atoms with Crippen LogP contribution in [0.2, 0.25) is 0 Å². The van der Waals surface area contributed by atoms with Crippen LogP contribution in [0.5, 0.6) is 0 Å². The zero-order valence-electron chi connectivity index (χ0n) is 13.6. The van der Waals surface area contributed by atoms with Crippen molar-refractivity contribution in [2.75, 3.05) is 29.0 Å². The normalized spacial score (nSPS) is 15.1. The first kappa shape index (κ1) is 16.0. The summed E-state index contributed by atoms with van der Waals surface area (Å²) in [5.74, 6) is 1.65. The third kappa shape index (κ3) is 3.70. The van der Waals surface area contributed by atoms with Crippen molar-refractivity contribution in [2.45, 2.75) is 25.8 Å².